The van der Waals surface area contributed by atoms with Crippen LogP contribution in [-0.4, -0.2) is 14.4 Å². The van der Waals surface area contributed by atoms with Crippen LogP contribution in [0.25, 0.3) is 5.65 Å². The molecule has 0 saturated heterocycles. The van der Waals surface area contributed by atoms with Crippen molar-refractivity contribution < 1.29 is 0 Å². The highest BCUT2D eigenvalue weighted by molar-refractivity contribution is 14.1. The molecular formula is C8H7I2N3. The first-order chi connectivity index (χ1) is 6.09. The van der Waals surface area contributed by atoms with E-state index in [1.165, 1.54) is 0 Å². The van der Waals surface area contributed by atoms with Gasteiger partial charge < -0.3 is 0 Å². The van der Waals surface area contributed by atoms with E-state index in [0.717, 1.165) is 24.6 Å². The summed E-state index contributed by atoms with van der Waals surface area (Å²) in [5, 5.41) is 0. The molecule has 3 nitrogen and oxygen atoms in total. The summed E-state index contributed by atoms with van der Waals surface area (Å²) in [7, 11) is 0. The molecule has 2 aromatic heterocycles. The predicted octanol–water partition coefficient (Wildman–Crippen LogP) is 2.56. The van der Waals surface area contributed by atoms with Crippen LogP contribution in [0.2, 0.25) is 0 Å². The minimum absolute atomic E-state index is 0.985. The molecule has 5 heteroatoms. The van der Waals surface area contributed by atoms with E-state index in [-0.39, 0.29) is 0 Å². The summed E-state index contributed by atoms with van der Waals surface area (Å²) in [4.78, 5) is 8.83. The van der Waals surface area contributed by atoms with Crippen LogP contribution < -0.4 is 0 Å². The van der Waals surface area contributed by atoms with Crippen LogP contribution in [0.3, 0.4) is 0 Å². The van der Waals surface area contributed by atoms with E-state index in [0.29, 0.717) is 0 Å². The average Bonchev–Trinajstić information content (AvgIpc) is 2.27. The van der Waals surface area contributed by atoms with Crippen LogP contribution in [0.1, 0.15) is 11.5 Å². The minimum atomic E-state index is 0.985. The predicted molar refractivity (Wildman–Crippen MR) is 67.9 cm³/mol. The fraction of sp³-hybridized carbons (Fsp3) is 0.250. The number of halogens is 2. The average molecular weight is 399 g/mol. The van der Waals surface area contributed by atoms with Gasteiger partial charge in [-0.05, 0) is 59.0 Å². The molecule has 0 radical (unpaired) electrons. The van der Waals surface area contributed by atoms with Crippen molar-refractivity contribution in [3.63, 3.8) is 0 Å². The second-order valence-electron chi connectivity index (χ2n) is 2.83. The lowest BCUT2D eigenvalue weighted by molar-refractivity contribution is 0.944. The van der Waals surface area contributed by atoms with Gasteiger partial charge in [0.1, 0.15) is 18.9 Å². The highest BCUT2D eigenvalue weighted by atomic mass is 127. The number of nitrogens with zero attached hydrogens (tertiary/aromatic N) is 3. The maximum absolute atomic E-state index is 4.44. The minimum Gasteiger partial charge on any atom is -0.274 e. The van der Waals surface area contributed by atoms with E-state index in [2.05, 4.69) is 59.6 Å². The lowest BCUT2D eigenvalue weighted by Crippen LogP contribution is -1.98. The summed E-state index contributed by atoms with van der Waals surface area (Å²) in [6.07, 6.45) is 0. The Bertz CT molecular complexity index is 476. The standard InChI is InChI=1S/C8H7I2N3/c1-4-3-6-12-7(9)8(10)13(6)5(2)11-4/h3H,1-2H3. The zero-order chi connectivity index (χ0) is 9.59. The van der Waals surface area contributed by atoms with Gasteiger partial charge in [-0.2, -0.15) is 0 Å². The summed E-state index contributed by atoms with van der Waals surface area (Å²) in [5.41, 5.74) is 2.00. The number of aromatic nitrogens is 3. The Hall–Kier alpha value is 0.0800. The van der Waals surface area contributed by atoms with Crippen molar-refractivity contribution >= 4 is 50.8 Å². The van der Waals surface area contributed by atoms with E-state index < -0.39 is 0 Å². The highest BCUT2D eigenvalue weighted by Crippen LogP contribution is 2.18. The molecule has 2 heterocycles. The third-order valence-corrected chi connectivity index (χ3v) is 4.59. The fourth-order valence-electron chi connectivity index (χ4n) is 1.32. The molecule has 0 spiro atoms. The SMILES string of the molecule is Cc1cc2nc(I)c(I)n2c(C)n1. The normalized spacial score (nSPS) is 11.1. The van der Waals surface area contributed by atoms with Crippen LogP contribution in [0, 0.1) is 21.2 Å². The number of imidazole rings is 1. The molecule has 0 unspecified atom stereocenters. The summed E-state index contributed by atoms with van der Waals surface area (Å²) in [6.45, 7) is 3.99. The summed E-state index contributed by atoms with van der Waals surface area (Å²) in [6, 6.07) is 2.00. The van der Waals surface area contributed by atoms with E-state index in [1.807, 2.05) is 19.9 Å². The van der Waals surface area contributed by atoms with Crippen LogP contribution in [0.4, 0.5) is 0 Å². The van der Waals surface area contributed by atoms with Gasteiger partial charge in [0.2, 0.25) is 0 Å². The van der Waals surface area contributed by atoms with Gasteiger partial charge in [0.15, 0.2) is 0 Å². The van der Waals surface area contributed by atoms with Gasteiger partial charge in [-0.15, -0.1) is 0 Å². The molecule has 68 valence electrons. The van der Waals surface area contributed by atoms with Crippen LogP contribution in [0.5, 0.6) is 0 Å². The number of aryl methyl sites for hydroxylation is 2. The largest absolute Gasteiger partial charge is 0.274 e. The van der Waals surface area contributed by atoms with Crippen LogP contribution in [0.15, 0.2) is 6.07 Å². The Morgan fingerprint density at radius 2 is 1.92 bits per heavy atom. The Morgan fingerprint density at radius 3 is 2.62 bits per heavy atom. The Labute approximate surface area is 103 Å². The number of rotatable bonds is 0. The van der Waals surface area contributed by atoms with Crippen molar-refractivity contribution in [1.29, 1.82) is 0 Å². The molecule has 2 rings (SSSR count). The molecule has 13 heavy (non-hydrogen) atoms. The van der Waals surface area contributed by atoms with Crippen molar-refractivity contribution in [2.75, 3.05) is 0 Å². The van der Waals surface area contributed by atoms with Gasteiger partial charge in [-0.25, -0.2) is 9.97 Å². The fourth-order valence-corrected chi connectivity index (χ4v) is 2.52. The van der Waals surface area contributed by atoms with Crippen molar-refractivity contribution in [3.05, 3.63) is 25.0 Å². The first-order valence-electron chi connectivity index (χ1n) is 3.77. The first-order valence-corrected chi connectivity index (χ1v) is 5.93. The van der Waals surface area contributed by atoms with Crippen molar-refractivity contribution in [1.82, 2.24) is 14.4 Å². The molecule has 0 fully saturated rings. The van der Waals surface area contributed by atoms with Gasteiger partial charge in [0.05, 0.1) is 0 Å². The highest BCUT2D eigenvalue weighted by Gasteiger charge is 2.09. The van der Waals surface area contributed by atoms with E-state index >= 15 is 0 Å². The second-order valence-corrected chi connectivity index (χ2v) is 4.88. The van der Waals surface area contributed by atoms with Gasteiger partial charge in [-0.1, -0.05) is 0 Å². The maximum atomic E-state index is 4.44. The number of hydrogen-bond donors (Lipinski definition) is 0. The quantitative estimate of drug-likeness (QED) is 0.638. The van der Waals surface area contributed by atoms with Crippen molar-refractivity contribution in [2.45, 2.75) is 13.8 Å². The molecule has 0 aromatic carbocycles. The monoisotopic (exact) mass is 399 g/mol. The Balaban J connectivity index is 2.94. The van der Waals surface area contributed by atoms with Gasteiger partial charge >= 0.3 is 0 Å². The van der Waals surface area contributed by atoms with E-state index in [4.69, 9.17) is 0 Å². The van der Waals surface area contributed by atoms with Crippen molar-refractivity contribution in [3.8, 4) is 0 Å². The maximum Gasteiger partial charge on any atom is 0.142 e. The first kappa shape index (κ1) is 9.63. The molecule has 2 aromatic rings. The summed E-state index contributed by atoms with van der Waals surface area (Å²) in [5.74, 6) is 0.995. The summed E-state index contributed by atoms with van der Waals surface area (Å²) >= 11 is 4.53. The molecule has 0 aliphatic heterocycles. The Kier molecular flexibility index (Phi) is 2.47. The van der Waals surface area contributed by atoms with Gasteiger partial charge in [0, 0.05) is 11.8 Å². The third-order valence-electron chi connectivity index (χ3n) is 1.81. The molecule has 0 amide bonds. The zero-order valence-corrected chi connectivity index (χ0v) is 11.5. The molecule has 0 saturated carbocycles. The third kappa shape index (κ3) is 1.56. The molecule has 0 aliphatic rings. The Morgan fingerprint density at radius 1 is 1.23 bits per heavy atom. The lowest BCUT2D eigenvalue weighted by Gasteiger charge is -2.00. The lowest BCUT2D eigenvalue weighted by atomic mass is 10.4. The topological polar surface area (TPSA) is 30.2 Å². The van der Waals surface area contributed by atoms with Crippen LogP contribution in [-0.2, 0) is 0 Å². The smallest absolute Gasteiger partial charge is 0.142 e. The van der Waals surface area contributed by atoms with Crippen LogP contribution >= 0.6 is 45.2 Å². The van der Waals surface area contributed by atoms with Gasteiger partial charge in [0.25, 0.3) is 0 Å². The number of hydrogen-bond acceptors (Lipinski definition) is 2. The van der Waals surface area contributed by atoms with E-state index in [1.54, 1.807) is 0 Å². The van der Waals surface area contributed by atoms with Crippen molar-refractivity contribution in [2.24, 2.45) is 0 Å². The van der Waals surface area contributed by atoms with Gasteiger partial charge in [-0.3, -0.25) is 4.40 Å². The zero-order valence-electron chi connectivity index (χ0n) is 7.17. The molecule has 0 bridgehead atoms. The molecule has 0 N–H and O–H groups in total. The molecule has 0 atom stereocenters. The van der Waals surface area contributed by atoms with E-state index in [9.17, 15) is 0 Å². The molecule has 0 aliphatic carbocycles. The molecular weight excluding hydrogens is 392 g/mol. The number of fused-ring (bicyclic) bond motifs is 1. The summed E-state index contributed by atoms with van der Waals surface area (Å²) < 4.78 is 4.24. The second kappa shape index (κ2) is 3.34.